The third kappa shape index (κ3) is 3.17. The molecule has 2 fully saturated rings. The van der Waals surface area contributed by atoms with Crippen molar-refractivity contribution in [2.75, 3.05) is 12.8 Å². The Bertz CT molecular complexity index is 295. The van der Waals surface area contributed by atoms with E-state index in [-0.39, 0.29) is 5.54 Å². The van der Waals surface area contributed by atoms with Crippen LogP contribution in [-0.4, -0.2) is 23.6 Å². The smallest absolute Gasteiger partial charge is 0.118 e. The highest BCUT2D eigenvalue weighted by Gasteiger charge is 2.45. The topological polar surface area (TPSA) is 35.8 Å². The summed E-state index contributed by atoms with van der Waals surface area (Å²) in [6.07, 6.45) is 7.94. The number of hydrogen-bond acceptors (Lipinski definition) is 3. The minimum absolute atomic E-state index is 0.245. The van der Waals surface area contributed by atoms with E-state index in [1.54, 1.807) is 0 Å². The molecular weight excluding hydrogens is 228 g/mol. The number of thioether (sulfide) groups is 1. The largest absolute Gasteiger partial charge is 0.302 e. The molecule has 2 rings (SSSR count). The van der Waals surface area contributed by atoms with Gasteiger partial charge in [-0.25, -0.2) is 0 Å². The summed E-state index contributed by atoms with van der Waals surface area (Å²) in [6, 6.07) is 2.55. The molecule has 0 aromatic carbocycles. The SMILES string of the molecule is CNC(C#N)(CSC1CCCC(C)C1)C1CC1. The van der Waals surface area contributed by atoms with Crippen molar-refractivity contribution in [3.8, 4) is 6.07 Å². The van der Waals surface area contributed by atoms with Crippen molar-refractivity contribution in [3.05, 3.63) is 0 Å². The average Bonchev–Trinajstić information content (AvgIpc) is 3.16. The second-order valence-corrected chi connectivity index (χ2v) is 7.10. The number of nitrogens with zero attached hydrogens (tertiary/aromatic N) is 1. The molecule has 3 unspecified atom stereocenters. The number of nitriles is 1. The van der Waals surface area contributed by atoms with Crippen LogP contribution < -0.4 is 5.32 Å². The van der Waals surface area contributed by atoms with E-state index in [4.69, 9.17) is 0 Å². The second kappa shape index (κ2) is 5.63. The van der Waals surface area contributed by atoms with Crippen molar-refractivity contribution in [2.45, 2.75) is 56.2 Å². The van der Waals surface area contributed by atoms with Crippen LogP contribution in [0.25, 0.3) is 0 Å². The third-order valence-corrected chi connectivity index (χ3v) is 5.88. The zero-order chi connectivity index (χ0) is 12.3. The highest BCUT2D eigenvalue weighted by atomic mass is 32.2. The zero-order valence-corrected chi connectivity index (χ0v) is 11.9. The van der Waals surface area contributed by atoms with Gasteiger partial charge in [0.25, 0.3) is 0 Å². The molecular formula is C14H24N2S. The van der Waals surface area contributed by atoms with Gasteiger partial charge in [0.1, 0.15) is 5.54 Å². The molecule has 2 aliphatic carbocycles. The molecule has 0 heterocycles. The Morgan fingerprint density at radius 2 is 2.12 bits per heavy atom. The van der Waals surface area contributed by atoms with Crippen molar-refractivity contribution in [3.63, 3.8) is 0 Å². The summed E-state index contributed by atoms with van der Waals surface area (Å²) in [5, 5.41) is 13.5. The lowest BCUT2D eigenvalue weighted by atomic mass is 9.90. The van der Waals surface area contributed by atoms with Crippen LogP contribution in [-0.2, 0) is 0 Å². The van der Waals surface area contributed by atoms with Crippen molar-refractivity contribution >= 4 is 11.8 Å². The fourth-order valence-corrected chi connectivity index (χ4v) is 4.67. The van der Waals surface area contributed by atoms with Gasteiger partial charge in [0.2, 0.25) is 0 Å². The van der Waals surface area contributed by atoms with Crippen molar-refractivity contribution < 1.29 is 0 Å². The third-order valence-electron chi connectivity index (χ3n) is 4.35. The Kier molecular flexibility index (Phi) is 4.38. The summed E-state index contributed by atoms with van der Waals surface area (Å²) in [5.41, 5.74) is -0.245. The van der Waals surface area contributed by atoms with Crippen molar-refractivity contribution in [2.24, 2.45) is 11.8 Å². The molecule has 1 N–H and O–H groups in total. The predicted molar refractivity (Wildman–Crippen MR) is 74.0 cm³/mol. The average molecular weight is 252 g/mol. The van der Waals surface area contributed by atoms with Crippen LogP contribution >= 0.6 is 11.8 Å². The van der Waals surface area contributed by atoms with Crippen LogP contribution in [0, 0.1) is 23.2 Å². The fraction of sp³-hybridized carbons (Fsp3) is 0.929. The minimum Gasteiger partial charge on any atom is -0.302 e. The highest BCUT2D eigenvalue weighted by molar-refractivity contribution is 8.00. The van der Waals surface area contributed by atoms with E-state index >= 15 is 0 Å². The maximum atomic E-state index is 9.44. The first-order valence-corrected chi connectivity index (χ1v) is 7.97. The van der Waals surface area contributed by atoms with E-state index in [1.807, 2.05) is 18.8 Å². The molecule has 0 aliphatic heterocycles. The summed E-state index contributed by atoms with van der Waals surface area (Å²) in [6.45, 7) is 2.36. The van der Waals surface area contributed by atoms with Crippen LogP contribution in [0.1, 0.15) is 45.4 Å². The molecule has 0 aromatic heterocycles. The molecule has 2 aliphatic rings. The lowest BCUT2D eigenvalue weighted by molar-refractivity contribution is 0.391. The number of nitrogens with one attached hydrogen (secondary N) is 1. The lowest BCUT2D eigenvalue weighted by Crippen LogP contribution is -2.46. The van der Waals surface area contributed by atoms with E-state index in [2.05, 4.69) is 18.3 Å². The summed E-state index contributed by atoms with van der Waals surface area (Å²) >= 11 is 2.04. The van der Waals surface area contributed by atoms with E-state index in [9.17, 15) is 5.26 Å². The van der Waals surface area contributed by atoms with Gasteiger partial charge in [-0.3, -0.25) is 0 Å². The van der Waals surface area contributed by atoms with Gasteiger partial charge < -0.3 is 5.32 Å². The molecule has 0 bridgehead atoms. The van der Waals surface area contributed by atoms with E-state index in [1.165, 1.54) is 38.5 Å². The standard InChI is InChI=1S/C14H24N2S/c1-11-4-3-5-13(8-11)17-10-14(9-15,16-2)12-6-7-12/h11-13,16H,3-8,10H2,1-2H3. The van der Waals surface area contributed by atoms with Gasteiger partial charge in [0.05, 0.1) is 6.07 Å². The normalized spacial score (nSPS) is 32.8. The van der Waals surface area contributed by atoms with Crippen LogP contribution in [0.4, 0.5) is 0 Å². The number of rotatable bonds is 5. The van der Waals surface area contributed by atoms with Gasteiger partial charge in [-0.15, -0.1) is 0 Å². The Balaban J connectivity index is 1.85. The molecule has 0 radical (unpaired) electrons. The minimum atomic E-state index is -0.245. The first-order valence-electron chi connectivity index (χ1n) is 6.92. The molecule has 3 heteroatoms. The van der Waals surface area contributed by atoms with Gasteiger partial charge in [-0.2, -0.15) is 17.0 Å². The first kappa shape index (κ1) is 13.2. The van der Waals surface area contributed by atoms with E-state index < -0.39 is 0 Å². The molecule has 0 spiro atoms. The van der Waals surface area contributed by atoms with Crippen LogP contribution in [0.5, 0.6) is 0 Å². The van der Waals surface area contributed by atoms with Gasteiger partial charge in [0.15, 0.2) is 0 Å². The molecule has 96 valence electrons. The van der Waals surface area contributed by atoms with Crippen molar-refractivity contribution in [1.82, 2.24) is 5.32 Å². The first-order chi connectivity index (χ1) is 8.20. The quantitative estimate of drug-likeness (QED) is 0.816. The lowest BCUT2D eigenvalue weighted by Gasteiger charge is -2.31. The monoisotopic (exact) mass is 252 g/mol. The van der Waals surface area contributed by atoms with E-state index in [0.29, 0.717) is 5.92 Å². The Hall–Kier alpha value is -0.200. The Morgan fingerprint density at radius 3 is 2.65 bits per heavy atom. The second-order valence-electron chi connectivity index (χ2n) is 5.81. The van der Waals surface area contributed by atoms with Crippen molar-refractivity contribution in [1.29, 1.82) is 5.26 Å². The Morgan fingerprint density at radius 1 is 1.35 bits per heavy atom. The van der Waals surface area contributed by atoms with Gasteiger partial charge in [0, 0.05) is 11.0 Å². The predicted octanol–water partition coefficient (Wildman–Crippen LogP) is 3.19. The van der Waals surface area contributed by atoms with Crippen LogP contribution in [0.2, 0.25) is 0 Å². The van der Waals surface area contributed by atoms with E-state index in [0.717, 1.165) is 16.9 Å². The summed E-state index contributed by atoms with van der Waals surface area (Å²) in [7, 11) is 1.95. The fourth-order valence-electron chi connectivity index (χ4n) is 2.93. The molecule has 17 heavy (non-hydrogen) atoms. The number of hydrogen-bond donors (Lipinski definition) is 1. The molecule has 0 saturated heterocycles. The highest BCUT2D eigenvalue weighted by Crippen LogP contribution is 2.42. The van der Waals surface area contributed by atoms with Gasteiger partial charge in [-0.05, 0) is 44.6 Å². The maximum absolute atomic E-state index is 9.44. The molecule has 2 saturated carbocycles. The summed E-state index contributed by atoms with van der Waals surface area (Å²) in [4.78, 5) is 0. The molecule has 3 atom stereocenters. The molecule has 0 aromatic rings. The summed E-state index contributed by atoms with van der Waals surface area (Å²) < 4.78 is 0. The summed E-state index contributed by atoms with van der Waals surface area (Å²) in [5.74, 6) is 2.46. The Labute approximate surface area is 110 Å². The van der Waals surface area contributed by atoms with Crippen LogP contribution in [0.15, 0.2) is 0 Å². The zero-order valence-electron chi connectivity index (χ0n) is 11.0. The van der Waals surface area contributed by atoms with Gasteiger partial charge >= 0.3 is 0 Å². The van der Waals surface area contributed by atoms with Gasteiger partial charge in [-0.1, -0.05) is 19.8 Å². The maximum Gasteiger partial charge on any atom is 0.118 e. The molecule has 2 nitrogen and oxygen atoms in total. The van der Waals surface area contributed by atoms with Crippen LogP contribution in [0.3, 0.4) is 0 Å². The molecule has 0 amide bonds.